The highest BCUT2D eigenvalue weighted by Crippen LogP contribution is 2.66. The molecule has 1 N–H and O–H groups in total. The van der Waals surface area contributed by atoms with E-state index >= 15 is 0 Å². The van der Waals surface area contributed by atoms with Gasteiger partial charge in [0.1, 0.15) is 5.75 Å². The molecular formula is C28H36F3NO3. The van der Waals surface area contributed by atoms with E-state index in [9.17, 15) is 18.3 Å². The van der Waals surface area contributed by atoms with Gasteiger partial charge in [-0.25, -0.2) is 0 Å². The van der Waals surface area contributed by atoms with Crippen LogP contribution in [0.5, 0.6) is 5.75 Å². The summed E-state index contributed by atoms with van der Waals surface area (Å²) in [7, 11) is 0. The van der Waals surface area contributed by atoms with E-state index in [0.29, 0.717) is 6.42 Å². The van der Waals surface area contributed by atoms with Crippen molar-refractivity contribution in [3.05, 3.63) is 41.0 Å². The molecule has 2 aliphatic carbocycles. The molecule has 0 aromatic heterocycles. The molecule has 7 heteroatoms. The maximum absolute atomic E-state index is 12.7. The second kappa shape index (κ2) is 8.07. The summed E-state index contributed by atoms with van der Waals surface area (Å²) in [5, 5.41) is 11.5. The zero-order valence-corrected chi connectivity index (χ0v) is 21.2. The lowest BCUT2D eigenvalue weighted by Crippen LogP contribution is -2.49. The van der Waals surface area contributed by atoms with Crippen molar-refractivity contribution in [2.75, 3.05) is 0 Å². The number of aliphatic hydroxyl groups is 1. The highest BCUT2D eigenvalue weighted by molar-refractivity contribution is 6.04. The fraction of sp³-hybridized carbons (Fsp3) is 0.679. The van der Waals surface area contributed by atoms with E-state index in [2.05, 4.69) is 39.4 Å². The summed E-state index contributed by atoms with van der Waals surface area (Å²) in [6.07, 6.45) is -0.306. The second-order valence-electron chi connectivity index (χ2n) is 12.2. The Morgan fingerprint density at radius 2 is 1.71 bits per heavy atom. The van der Waals surface area contributed by atoms with Crippen LogP contribution in [-0.4, -0.2) is 34.9 Å². The normalized spacial score (nSPS) is 33.7. The van der Waals surface area contributed by atoms with E-state index < -0.39 is 23.5 Å². The number of fused-ring (bicyclic) bond motifs is 3. The molecule has 2 aliphatic heterocycles. The maximum Gasteiger partial charge on any atom is 0.573 e. The van der Waals surface area contributed by atoms with Gasteiger partial charge in [-0.1, -0.05) is 59.6 Å². The summed E-state index contributed by atoms with van der Waals surface area (Å²) >= 11 is 0. The van der Waals surface area contributed by atoms with Crippen LogP contribution in [-0.2, 0) is 4.74 Å². The molecule has 35 heavy (non-hydrogen) atoms. The number of hydrogen-bond acceptors (Lipinski definition) is 4. The van der Waals surface area contributed by atoms with Crippen LogP contribution in [0.2, 0.25) is 0 Å². The number of halogens is 3. The zero-order valence-electron chi connectivity index (χ0n) is 21.2. The molecule has 0 amide bonds. The third kappa shape index (κ3) is 4.03. The van der Waals surface area contributed by atoms with Gasteiger partial charge in [-0.15, -0.1) is 13.2 Å². The van der Waals surface area contributed by atoms with Crippen LogP contribution in [0.3, 0.4) is 0 Å². The summed E-state index contributed by atoms with van der Waals surface area (Å²) in [6.45, 7) is 10.9. The highest BCUT2D eigenvalue weighted by atomic mass is 19.4. The Labute approximate surface area is 205 Å². The third-order valence-electron chi connectivity index (χ3n) is 8.56. The van der Waals surface area contributed by atoms with E-state index in [1.807, 2.05) is 0 Å². The van der Waals surface area contributed by atoms with Crippen molar-refractivity contribution in [3.8, 4) is 5.75 Å². The number of aliphatic hydroxyl groups excluding tert-OH is 1. The SMILES string of the molecule is CC(C)C1N=C2CC(C)(C)CC(O)C2=C2C3(CCCC3)O[C@H](c3ccc(OC(F)(F)F)cc3)C21C. The van der Waals surface area contributed by atoms with Crippen molar-refractivity contribution >= 4 is 5.71 Å². The van der Waals surface area contributed by atoms with E-state index in [1.165, 1.54) is 17.7 Å². The minimum atomic E-state index is -4.73. The topological polar surface area (TPSA) is 51.1 Å². The Bertz CT molecular complexity index is 1050. The first-order valence-electron chi connectivity index (χ1n) is 12.8. The van der Waals surface area contributed by atoms with Crippen molar-refractivity contribution in [1.82, 2.24) is 0 Å². The van der Waals surface area contributed by atoms with Gasteiger partial charge in [-0.2, -0.15) is 0 Å². The van der Waals surface area contributed by atoms with Gasteiger partial charge in [0, 0.05) is 16.7 Å². The molecule has 2 heterocycles. The molecule has 0 bridgehead atoms. The monoisotopic (exact) mass is 491 g/mol. The van der Waals surface area contributed by atoms with Crippen molar-refractivity contribution in [2.45, 2.75) is 103 Å². The minimum absolute atomic E-state index is 0.0341. The van der Waals surface area contributed by atoms with Crippen molar-refractivity contribution in [3.63, 3.8) is 0 Å². The van der Waals surface area contributed by atoms with E-state index in [4.69, 9.17) is 9.73 Å². The Morgan fingerprint density at radius 3 is 2.29 bits per heavy atom. The van der Waals surface area contributed by atoms with Gasteiger partial charge < -0.3 is 14.6 Å². The van der Waals surface area contributed by atoms with Crippen LogP contribution in [0, 0.1) is 16.7 Å². The summed E-state index contributed by atoms with van der Waals surface area (Å²) < 4.78 is 49.3. The van der Waals surface area contributed by atoms with Crippen LogP contribution in [0.25, 0.3) is 0 Å². The molecule has 0 radical (unpaired) electrons. The van der Waals surface area contributed by atoms with Gasteiger partial charge in [0.25, 0.3) is 0 Å². The summed E-state index contributed by atoms with van der Waals surface area (Å²) in [4.78, 5) is 5.31. The van der Waals surface area contributed by atoms with Crippen molar-refractivity contribution in [2.24, 2.45) is 21.7 Å². The molecule has 4 aliphatic rings. The molecule has 4 nitrogen and oxygen atoms in total. The van der Waals surface area contributed by atoms with Gasteiger partial charge in [0.15, 0.2) is 0 Å². The number of dihydropyridines is 1. The first kappa shape index (κ1) is 24.8. The van der Waals surface area contributed by atoms with Gasteiger partial charge >= 0.3 is 6.36 Å². The second-order valence-corrected chi connectivity index (χ2v) is 12.2. The lowest BCUT2D eigenvalue weighted by Gasteiger charge is -2.48. The van der Waals surface area contributed by atoms with Crippen molar-refractivity contribution in [1.29, 1.82) is 0 Å². The number of aliphatic imine (C=N–C) groups is 1. The first-order valence-corrected chi connectivity index (χ1v) is 12.8. The van der Waals surface area contributed by atoms with Crippen LogP contribution in [0.4, 0.5) is 13.2 Å². The molecular weight excluding hydrogens is 455 g/mol. The first-order chi connectivity index (χ1) is 16.3. The Hall–Kier alpha value is -1.86. The van der Waals surface area contributed by atoms with Crippen LogP contribution >= 0.6 is 0 Å². The Kier molecular flexibility index (Phi) is 5.72. The Morgan fingerprint density at radius 1 is 1.09 bits per heavy atom. The number of alkyl halides is 3. The molecule has 2 saturated carbocycles. The number of ether oxygens (including phenoxy) is 2. The molecule has 1 aromatic carbocycles. The van der Waals surface area contributed by atoms with E-state index in [1.54, 1.807) is 12.1 Å². The lowest BCUT2D eigenvalue weighted by molar-refractivity contribution is -0.274. The number of hydrogen-bond donors (Lipinski definition) is 1. The lowest BCUT2D eigenvalue weighted by atomic mass is 9.58. The quantitative estimate of drug-likeness (QED) is 0.499. The van der Waals surface area contributed by atoms with Gasteiger partial charge in [0.2, 0.25) is 0 Å². The van der Waals surface area contributed by atoms with Crippen LogP contribution in [0.15, 0.2) is 40.4 Å². The van der Waals surface area contributed by atoms with Crippen LogP contribution < -0.4 is 4.74 Å². The fourth-order valence-corrected chi connectivity index (χ4v) is 7.45. The van der Waals surface area contributed by atoms with E-state index in [0.717, 1.165) is 49.0 Å². The summed E-state index contributed by atoms with van der Waals surface area (Å²) in [5.41, 5.74) is 3.01. The molecule has 3 unspecified atom stereocenters. The third-order valence-corrected chi connectivity index (χ3v) is 8.56. The smallest absolute Gasteiger partial charge is 0.406 e. The molecule has 1 spiro atoms. The largest absolute Gasteiger partial charge is 0.573 e. The average Bonchev–Trinajstić information content (AvgIpc) is 3.29. The van der Waals surface area contributed by atoms with Gasteiger partial charge in [0.05, 0.1) is 23.9 Å². The number of nitrogens with zero attached hydrogens (tertiary/aromatic N) is 1. The zero-order chi connectivity index (χ0) is 25.4. The van der Waals surface area contributed by atoms with Gasteiger partial charge in [-0.3, -0.25) is 4.99 Å². The van der Waals surface area contributed by atoms with Gasteiger partial charge in [-0.05, 0) is 60.3 Å². The Balaban J connectivity index is 1.66. The fourth-order valence-electron chi connectivity index (χ4n) is 7.45. The minimum Gasteiger partial charge on any atom is -0.406 e. The summed E-state index contributed by atoms with van der Waals surface area (Å²) in [5.74, 6) is -0.0189. The summed E-state index contributed by atoms with van der Waals surface area (Å²) in [6, 6.07) is 6.03. The van der Waals surface area contributed by atoms with Crippen LogP contribution in [0.1, 0.15) is 84.8 Å². The standard InChI is InChI=1S/C28H36F3NO3/c1-16(2)23-26(5)22(21-19(32-23)14-25(3,4)15-20(21)33)27(12-6-7-13-27)35-24(26)17-8-10-18(11-9-17)34-28(29,30)31/h8-11,16,20,23-24,33H,6-7,12-15H2,1-5H3/t20?,23?,24-,26?/m1/s1. The average molecular weight is 492 g/mol. The molecule has 192 valence electrons. The predicted molar refractivity (Wildman–Crippen MR) is 128 cm³/mol. The molecule has 1 aromatic rings. The number of rotatable bonds is 3. The molecule has 4 atom stereocenters. The predicted octanol–water partition coefficient (Wildman–Crippen LogP) is 6.93. The molecule has 3 fully saturated rings. The highest BCUT2D eigenvalue weighted by Gasteiger charge is 2.65. The molecule has 5 rings (SSSR count). The van der Waals surface area contributed by atoms with Crippen molar-refractivity contribution < 1.29 is 27.8 Å². The molecule has 1 saturated heterocycles. The van der Waals surface area contributed by atoms with E-state index in [-0.39, 0.29) is 29.2 Å². The number of benzene rings is 1. The maximum atomic E-state index is 12.7.